The molecule has 4 heteroatoms. The van der Waals surface area contributed by atoms with Crippen LogP contribution in [0.5, 0.6) is 0 Å². The molecule has 0 radical (unpaired) electrons. The molecule has 17 heavy (non-hydrogen) atoms. The lowest BCUT2D eigenvalue weighted by atomic mass is 10.2. The number of benzene rings is 1. The number of nitrogens with one attached hydrogen (secondary N) is 1. The van der Waals surface area contributed by atoms with Gasteiger partial charge in [-0.3, -0.25) is 0 Å². The van der Waals surface area contributed by atoms with Crippen LogP contribution < -0.4 is 11.1 Å². The van der Waals surface area contributed by atoms with E-state index in [1.54, 1.807) is 18.2 Å². The third-order valence-corrected chi connectivity index (χ3v) is 3.22. The topological polar surface area (TPSA) is 61.8 Å². The zero-order valence-electron chi connectivity index (χ0n) is 10.2. The highest BCUT2D eigenvalue weighted by Crippen LogP contribution is 2.19. The van der Waals surface area contributed by atoms with Gasteiger partial charge in [-0.1, -0.05) is 6.42 Å². The molecular weight excluding hydrogens is 230 g/mol. The lowest BCUT2D eigenvalue weighted by Crippen LogP contribution is -2.04. The molecule has 0 unspecified atom stereocenters. The maximum Gasteiger partial charge on any atom is 0.0992 e. The highest BCUT2D eigenvalue weighted by atomic mass is 32.2. The van der Waals surface area contributed by atoms with Crippen molar-refractivity contribution in [2.24, 2.45) is 0 Å². The van der Waals surface area contributed by atoms with Gasteiger partial charge in [0.15, 0.2) is 0 Å². The summed E-state index contributed by atoms with van der Waals surface area (Å²) in [5.41, 5.74) is 8.05. The Balaban J connectivity index is 2.33. The molecule has 0 aliphatic rings. The first-order valence-electron chi connectivity index (χ1n) is 5.80. The van der Waals surface area contributed by atoms with Crippen molar-refractivity contribution in [3.05, 3.63) is 23.8 Å². The predicted octanol–water partition coefficient (Wildman–Crippen LogP) is 3.09. The van der Waals surface area contributed by atoms with Crippen LogP contribution in [0.3, 0.4) is 0 Å². The molecule has 1 aromatic carbocycles. The van der Waals surface area contributed by atoms with Crippen molar-refractivity contribution >= 4 is 23.1 Å². The second kappa shape index (κ2) is 7.86. The Morgan fingerprint density at radius 1 is 1.35 bits per heavy atom. The molecule has 0 aliphatic carbocycles. The van der Waals surface area contributed by atoms with Crippen molar-refractivity contribution in [3.63, 3.8) is 0 Å². The quantitative estimate of drug-likeness (QED) is 0.576. The van der Waals surface area contributed by atoms with E-state index < -0.39 is 0 Å². The molecule has 1 rings (SSSR count). The fourth-order valence-corrected chi connectivity index (χ4v) is 2.04. The molecule has 3 nitrogen and oxygen atoms in total. The van der Waals surface area contributed by atoms with E-state index >= 15 is 0 Å². The zero-order chi connectivity index (χ0) is 12.5. The van der Waals surface area contributed by atoms with Gasteiger partial charge in [-0.25, -0.2) is 0 Å². The second-order valence-electron chi connectivity index (χ2n) is 3.89. The maximum atomic E-state index is 8.80. The van der Waals surface area contributed by atoms with Gasteiger partial charge in [0, 0.05) is 6.54 Å². The third kappa shape index (κ3) is 5.01. The first-order valence-corrected chi connectivity index (χ1v) is 7.19. The van der Waals surface area contributed by atoms with E-state index in [2.05, 4.69) is 17.6 Å². The monoisotopic (exact) mass is 249 g/mol. The van der Waals surface area contributed by atoms with Crippen molar-refractivity contribution in [2.45, 2.75) is 19.3 Å². The average molecular weight is 249 g/mol. The molecule has 3 N–H and O–H groups in total. The minimum atomic E-state index is 0.643. The van der Waals surface area contributed by atoms with Crippen LogP contribution in [0.4, 0.5) is 11.4 Å². The maximum absolute atomic E-state index is 8.80. The number of thioether (sulfide) groups is 1. The fraction of sp³-hybridized carbons (Fsp3) is 0.462. The van der Waals surface area contributed by atoms with Crippen LogP contribution in [0.15, 0.2) is 18.2 Å². The Bertz CT molecular complexity index is 385. The first-order chi connectivity index (χ1) is 8.27. The van der Waals surface area contributed by atoms with E-state index in [9.17, 15) is 0 Å². The van der Waals surface area contributed by atoms with Crippen molar-refractivity contribution in [1.29, 1.82) is 5.26 Å². The summed E-state index contributed by atoms with van der Waals surface area (Å²) >= 11 is 1.89. The number of hydrogen-bond donors (Lipinski definition) is 2. The normalized spacial score (nSPS) is 9.88. The van der Waals surface area contributed by atoms with Crippen LogP contribution in [0.1, 0.15) is 24.8 Å². The van der Waals surface area contributed by atoms with Crippen LogP contribution in [-0.2, 0) is 0 Å². The van der Waals surface area contributed by atoms with Gasteiger partial charge in [-0.05, 0) is 43.0 Å². The van der Waals surface area contributed by atoms with Crippen LogP contribution >= 0.6 is 11.8 Å². The summed E-state index contributed by atoms with van der Waals surface area (Å²) < 4.78 is 0. The van der Waals surface area contributed by atoms with Gasteiger partial charge < -0.3 is 11.1 Å². The van der Waals surface area contributed by atoms with Crippen LogP contribution in [0, 0.1) is 11.3 Å². The van der Waals surface area contributed by atoms with E-state index in [1.807, 2.05) is 11.8 Å². The van der Waals surface area contributed by atoms with Crippen molar-refractivity contribution < 1.29 is 0 Å². The average Bonchev–Trinajstić information content (AvgIpc) is 2.35. The number of nitriles is 1. The molecule has 0 saturated carbocycles. The van der Waals surface area contributed by atoms with Crippen LogP contribution in [0.2, 0.25) is 0 Å². The highest BCUT2D eigenvalue weighted by Gasteiger charge is 1.99. The number of nitrogen functional groups attached to an aromatic ring is 1. The lowest BCUT2D eigenvalue weighted by Gasteiger charge is -2.09. The van der Waals surface area contributed by atoms with Gasteiger partial charge in [0.25, 0.3) is 0 Å². The minimum Gasteiger partial charge on any atom is -0.397 e. The Kier molecular flexibility index (Phi) is 6.34. The van der Waals surface area contributed by atoms with E-state index in [0.29, 0.717) is 11.3 Å². The molecule has 0 saturated heterocycles. The van der Waals surface area contributed by atoms with Crippen molar-refractivity contribution in [2.75, 3.05) is 29.6 Å². The smallest absolute Gasteiger partial charge is 0.0992 e. The molecule has 0 spiro atoms. The molecule has 0 atom stereocenters. The molecule has 0 amide bonds. The van der Waals surface area contributed by atoms with Gasteiger partial charge >= 0.3 is 0 Å². The highest BCUT2D eigenvalue weighted by molar-refractivity contribution is 7.98. The summed E-state index contributed by atoms with van der Waals surface area (Å²) in [4.78, 5) is 0. The van der Waals surface area contributed by atoms with Crippen molar-refractivity contribution in [3.8, 4) is 6.07 Å². The zero-order valence-corrected chi connectivity index (χ0v) is 11.0. The van der Waals surface area contributed by atoms with E-state index in [-0.39, 0.29) is 0 Å². The lowest BCUT2D eigenvalue weighted by molar-refractivity contribution is 0.750. The molecule has 0 fully saturated rings. The van der Waals surface area contributed by atoms with E-state index in [0.717, 1.165) is 18.7 Å². The fourth-order valence-electron chi connectivity index (χ4n) is 1.55. The van der Waals surface area contributed by atoms with Crippen molar-refractivity contribution in [1.82, 2.24) is 0 Å². The number of nitrogens with two attached hydrogens (primary N) is 1. The standard InChI is InChI=1S/C13H19N3S/c1-17-8-4-2-3-7-16-13-9-11(10-14)5-6-12(13)15/h5-6,9,16H,2-4,7-8,15H2,1H3. The molecule has 0 aliphatic heterocycles. The molecule has 0 heterocycles. The molecule has 0 aromatic heterocycles. The van der Waals surface area contributed by atoms with Gasteiger partial charge in [0.2, 0.25) is 0 Å². The summed E-state index contributed by atoms with van der Waals surface area (Å²) in [5.74, 6) is 1.23. The van der Waals surface area contributed by atoms with Crippen LogP contribution in [0.25, 0.3) is 0 Å². The molecule has 92 valence electrons. The molecular formula is C13H19N3S. The number of unbranched alkanes of at least 4 members (excludes halogenated alkanes) is 2. The summed E-state index contributed by atoms with van der Waals surface area (Å²) in [6.45, 7) is 0.910. The summed E-state index contributed by atoms with van der Waals surface area (Å²) in [7, 11) is 0. The second-order valence-corrected chi connectivity index (χ2v) is 4.88. The number of anilines is 2. The summed E-state index contributed by atoms with van der Waals surface area (Å²) in [5, 5.41) is 12.1. The Morgan fingerprint density at radius 2 is 2.18 bits per heavy atom. The Morgan fingerprint density at radius 3 is 2.88 bits per heavy atom. The Labute approximate surface area is 107 Å². The molecule has 1 aromatic rings. The number of nitrogens with zero attached hydrogens (tertiary/aromatic N) is 1. The number of rotatable bonds is 7. The SMILES string of the molecule is CSCCCCCNc1cc(C#N)ccc1N. The van der Waals surface area contributed by atoms with E-state index in [1.165, 1.54) is 18.6 Å². The summed E-state index contributed by atoms with van der Waals surface area (Å²) in [6, 6.07) is 7.42. The Hall–Kier alpha value is -1.34. The van der Waals surface area contributed by atoms with E-state index in [4.69, 9.17) is 11.0 Å². The van der Waals surface area contributed by atoms with Crippen LogP contribution in [-0.4, -0.2) is 18.6 Å². The predicted molar refractivity (Wildman–Crippen MR) is 76.3 cm³/mol. The van der Waals surface area contributed by atoms with Gasteiger partial charge in [-0.2, -0.15) is 17.0 Å². The summed E-state index contributed by atoms with van der Waals surface area (Å²) in [6.07, 6.45) is 5.76. The first kappa shape index (κ1) is 13.7. The van der Waals surface area contributed by atoms with Gasteiger partial charge in [0.1, 0.15) is 0 Å². The van der Waals surface area contributed by atoms with Gasteiger partial charge in [0.05, 0.1) is 23.0 Å². The van der Waals surface area contributed by atoms with Gasteiger partial charge in [-0.15, -0.1) is 0 Å². The largest absolute Gasteiger partial charge is 0.397 e. The third-order valence-electron chi connectivity index (χ3n) is 2.52. The molecule has 0 bridgehead atoms. The minimum absolute atomic E-state index is 0.643. The number of hydrogen-bond acceptors (Lipinski definition) is 4.